The van der Waals surface area contributed by atoms with Crippen LogP contribution in [-0.2, 0) is 0 Å². The Morgan fingerprint density at radius 2 is 1.88 bits per heavy atom. The molecule has 0 fully saturated rings. The molecular weight excluding hydrogens is 249 g/mol. The lowest BCUT2D eigenvalue weighted by molar-refractivity contribution is 0.495. The van der Waals surface area contributed by atoms with Crippen molar-refractivity contribution in [2.75, 3.05) is 5.32 Å². The van der Waals surface area contributed by atoms with E-state index in [1.54, 1.807) is 17.8 Å². The summed E-state index contributed by atoms with van der Waals surface area (Å²) in [6, 6.07) is 1.04. The normalized spacial score (nSPS) is 12.5. The van der Waals surface area contributed by atoms with Crippen molar-refractivity contribution in [1.29, 1.82) is 0 Å². The second-order valence-corrected chi connectivity index (χ2v) is 4.24. The zero-order chi connectivity index (χ0) is 12.4. The van der Waals surface area contributed by atoms with Gasteiger partial charge in [-0.3, -0.25) is 0 Å². The Bertz CT molecular complexity index is 514. The van der Waals surface area contributed by atoms with Crippen molar-refractivity contribution >= 4 is 17.0 Å². The number of benzene rings is 1. The van der Waals surface area contributed by atoms with Gasteiger partial charge in [-0.2, -0.15) is 0 Å². The van der Waals surface area contributed by atoms with Gasteiger partial charge in [-0.25, -0.2) is 18.2 Å². The maximum Gasteiger partial charge on any atom is 0.161 e. The molecule has 6 heteroatoms. The van der Waals surface area contributed by atoms with E-state index in [1.807, 2.05) is 0 Å². The van der Waals surface area contributed by atoms with Gasteiger partial charge in [-0.1, -0.05) is 0 Å². The Morgan fingerprint density at radius 1 is 1.18 bits per heavy atom. The number of hydrogen-bond acceptors (Lipinski definition) is 3. The van der Waals surface area contributed by atoms with Crippen LogP contribution in [0.4, 0.5) is 18.9 Å². The Kier molecular flexibility index (Phi) is 3.33. The molecule has 1 atom stereocenters. The number of aromatic nitrogens is 1. The van der Waals surface area contributed by atoms with E-state index >= 15 is 0 Å². The number of nitrogens with zero attached hydrogens (tertiary/aromatic N) is 1. The van der Waals surface area contributed by atoms with Crippen LogP contribution in [0.1, 0.15) is 18.7 Å². The molecule has 0 aliphatic rings. The van der Waals surface area contributed by atoms with Crippen molar-refractivity contribution < 1.29 is 13.2 Å². The molecule has 2 nitrogen and oxygen atoms in total. The van der Waals surface area contributed by atoms with Gasteiger partial charge in [0, 0.05) is 17.5 Å². The summed E-state index contributed by atoms with van der Waals surface area (Å²) >= 11 is 1.41. The molecule has 0 aliphatic carbocycles. The molecule has 0 radical (unpaired) electrons. The lowest BCUT2D eigenvalue weighted by atomic mass is 10.2. The van der Waals surface area contributed by atoms with E-state index in [9.17, 15) is 13.2 Å². The van der Waals surface area contributed by atoms with Crippen molar-refractivity contribution in [3.8, 4) is 0 Å². The summed E-state index contributed by atoms with van der Waals surface area (Å²) < 4.78 is 39.0. The standard InChI is InChI=1S/C11H9F3N2S/c1-6(11-4-17-5-15-11)16-10-3-8(13)7(12)2-9(10)14/h2-6,16H,1H3. The molecule has 1 heterocycles. The molecule has 2 rings (SSSR count). The summed E-state index contributed by atoms with van der Waals surface area (Å²) in [5, 5.41) is 4.54. The van der Waals surface area contributed by atoms with Gasteiger partial charge in [0.15, 0.2) is 11.6 Å². The zero-order valence-electron chi connectivity index (χ0n) is 8.88. The summed E-state index contributed by atoms with van der Waals surface area (Å²) in [6.45, 7) is 1.76. The number of anilines is 1. The second-order valence-electron chi connectivity index (χ2n) is 3.53. The van der Waals surface area contributed by atoms with Crippen LogP contribution in [0.15, 0.2) is 23.0 Å². The fraction of sp³-hybridized carbons (Fsp3) is 0.182. The second kappa shape index (κ2) is 4.75. The minimum absolute atomic E-state index is 0.0793. The highest BCUT2D eigenvalue weighted by Gasteiger charge is 2.13. The first-order chi connectivity index (χ1) is 8.08. The van der Waals surface area contributed by atoms with Crippen LogP contribution in [0, 0.1) is 17.5 Å². The highest BCUT2D eigenvalue weighted by molar-refractivity contribution is 7.07. The fourth-order valence-electron chi connectivity index (χ4n) is 1.38. The van der Waals surface area contributed by atoms with E-state index in [4.69, 9.17) is 0 Å². The number of thiazole rings is 1. The summed E-state index contributed by atoms with van der Waals surface area (Å²) in [4.78, 5) is 4.05. The first-order valence-electron chi connectivity index (χ1n) is 4.87. The number of halogens is 3. The Hall–Kier alpha value is -1.56. The molecule has 0 amide bonds. The molecule has 1 unspecified atom stereocenters. The molecule has 2 aromatic rings. The first-order valence-corrected chi connectivity index (χ1v) is 5.81. The predicted octanol–water partition coefficient (Wildman–Crippen LogP) is 3.73. The van der Waals surface area contributed by atoms with Crippen LogP contribution >= 0.6 is 11.3 Å². The fourth-order valence-corrected chi connectivity index (χ4v) is 2.02. The van der Waals surface area contributed by atoms with Gasteiger partial charge in [0.1, 0.15) is 5.82 Å². The van der Waals surface area contributed by atoms with E-state index in [1.165, 1.54) is 11.3 Å². The maximum atomic E-state index is 13.3. The number of hydrogen-bond donors (Lipinski definition) is 1. The quantitative estimate of drug-likeness (QED) is 0.848. The zero-order valence-corrected chi connectivity index (χ0v) is 9.69. The van der Waals surface area contributed by atoms with Gasteiger partial charge >= 0.3 is 0 Å². The van der Waals surface area contributed by atoms with E-state index in [0.717, 1.165) is 11.8 Å². The Balaban J connectivity index is 2.22. The minimum Gasteiger partial charge on any atom is -0.374 e. The highest BCUT2D eigenvalue weighted by atomic mass is 32.1. The molecule has 1 aromatic carbocycles. The van der Waals surface area contributed by atoms with Crippen LogP contribution < -0.4 is 5.32 Å². The Morgan fingerprint density at radius 3 is 2.53 bits per heavy atom. The largest absolute Gasteiger partial charge is 0.374 e. The predicted molar refractivity (Wildman–Crippen MR) is 60.5 cm³/mol. The third kappa shape index (κ3) is 2.58. The molecule has 1 aromatic heterocycles. The SMILES string of the molecule is CC(Nc1cc(F)c(F)cc1F)c1cscn1. The summed E-state index contributed by atoms with van der Waals surface area (Å²) in [5.41, 5.74) is 2.29. The van der Waals surface area contributed by atoms with Crippen molar-refractivity contribution in [2.24, 2.45) is 0 Å². The maximum absolute atomic E-state index is 13.3. The summed E-state index contributed by atoms with van der Waals surface area (Å²) in [7, 11) is 0. The van der Waals surface area contributed by atoms with Crippen molar-refractivity contribution in [1.82, 2.24) is 4.98 Å². The first kappa shape index (κ1) is 11.9. The van der Waals surface area contributed by atoms with E-state index < -0.39 is 17.5 Å². The molecule has 17 heavy (non-hydrogen) atoms. The van der Waals surface area contributed by atoms with Crippen molar-refractivity contribution in [3.05, 3.63) is 46.2 Å². The van der Waals surface area contributed by atoms with Gasteiger partial charge in [0.05, 0.1) is 22.9 Å². The van der Waals surface area contributed by atoms with Crippen molar-refractivity contribution in [3.63, 3.8) is 0 Å². The molecule has 1 N–H and O–H groups in total. The lowest BCUT2D eigenvalue weighted by Crippen LogP contribution is -2.09. The average Bonchev–Trinajstić information content (AvgIpc) is 2.79. The Labute approximate surface area is 100 Å². The lowest BCUT2D eigenvalue weighted by Gasteiger charge is -2.13. The molecular formula is C11H9F3N2S. The third-order valence-corrected chi connectivity index (χ3v) is 2.88. The van der Waals surface area contributed by atoms with E-state index in [2.05, 4.69) is 10.3 Å². The summed E-state index contributed by atoms with van der Waals surface area (Å²) in [5.74, 6) is -3.11. The molecule has 0 bridgehead atoms. The van der Waals surface area contributed by atoms with Gasteiger partial charge < -0.3 is 5.32 Å². The third-order valence-electron chi connectivity index (χ3n) is 2.28. The molecule has 0 aliphatic heterocycles. The monoisotopic (exact) mass is 258 g/mol. The molecule has 0 saturated heterocycles. The number of nitrogens with one attached hydrogen (secondary N) is 1. The molecule has 0 spiro atoms. The van der Waals surface area contributed by atoms with Crippen molar-refractivity contribution in [2.45, 2.75) is 13.0 Å². The number of rotatable bonds is 3. The summed E-state index contributed by atoms with van der Waals surface area (Å²) in [6.07, 6.45) is 0. The van der Waals surface area contributed by atoms with E-state index in [-0.39, 0.29) is 11.7 Å². The van der Waals surface area contributed by atoms with Crippen LogP contribution in [0.25, 0.3) is 0 Å². The smallest absolute Gasteiger partial charge is 0.161 e. The topological polar surface area (TPSA) is 24.9 Å². The highest BCUT2D eigenvalue weighted by Crippen LogP contribution is 2.23. The van der Waals surface area contributed by atoms with Crippen LogP contribution in [0.5, 0.6) is 0 Å². The van der Waals surface area contributed by atoms with Gasteiger partial charge in [-0.05, 0) is 6.92 Å². The molecule has 0 saturated carbocycles. The van der Waals surface area contributed by atoms with Gasteiger partial charge in [0.2, 0.25) is 0 Å². The van der Waals surface area contributed by atoms with Gasteiger partial charge in [0.25, 0.3) is 0 Å². The minimum atomic E-state index is -1.20. The van der Waals surface area contributed by atoms with Crippen LogP contribution in [0.2, 0.25) is 0 Å². The average molecular weight is 258 g/mol. The van der Waals surface area contributed by atoms with Crippen LogP contribution in [0.3, 0.4) is 0 Å². The molecule has 90 valence electrons. The van der Waals surface area contributed by atoms with E-state index in [0.29, 0.717) is 6.07 Å². The van der Waals surface area contributed by atoms with Gasteiger partial charge in [-0.15, -0.1) is 11.3 Å². The van der Waals surface area contributed by atoms with Crippen LogP contribution in [-0.4, -0.2) is 4.98 Å².